The smallest absolute Gasteiger partial charge is 0.215 e. The van der Waals surface area contributed by atoms with Crippen LogP contribution in [0, 0.1) is 6.92 Å². The van der Waals surface area contributed by atoms with Crippen LogP contribution in [0.3, 0.4) is 0 Å². The Bertz CT molecular complexity index is 930. The number of fused-ring (bicyclic) bond motifs is 3. The molecule has 0 bridgehead atoms. The topological polar surface area (TPSA) is 35.1 Å². The van der Waals surface area contributed by atoms with E-state index in [0.717, 1.165) is 22.5 Å². The summed E-state index contributed by atoms with van der Waals surface area (Å²) in [6.07, 6.45) is 5.78. The maximum atomic E-state index is 4.78. The maximum absolute atomic E-state index is 4.78. The summed E-state index contributed by atoms with van der Waals surface area (Å²) in [4.78, 5) is 8.99. The van der Waals surface area contributed by atoms with Crippen molar-refractivity contribution in [3.63, 3.8) is 0 Å². The highest BCUT2D eigenvalue weighted by Crippen LogP contribution is 2.26. The summed E-state index contributed by atoms with van der Waals surface area (Å²) >= 11 is 0. The average Bonchev–Trinajstić information content (AvgIpc) is 3.01. The Kier molecular flexibility index (Phi) is 2.21. The van der Waals surface area contributed by atoms with E-state index in [1.54, 1.807) is 0 Å². The number of hydrogen-bond acceptors (Lipinski definition) is 2. The van der Waals surface area contributed by atoms with Gasteiger partial charge in [0.1, 0.15) is 0 Å². The van der Waals surface area contributed by atoms with Crippen LogP contribution >= 0.6 is 0 Å². The minimum absolute atomic E-state index is 0.936. The first-order chi connectivity index (χ1) is 9.75. The van der Waals surface area contributed by atoms with Crippen LogP contribution in [-0.4, -0.2) is 18.9 Å². The molecule has 0 aliphatic heterocycles. The Morgan fingerprint density at radius 3 is 2.75 bits per heavy atom. The average molecular weight is 262 g/mol. The summed E-state index contributed by atoms with van der Waals surface area (Å²) in [6.45, 7) is 2.11. The highest BCUT2D eigenvalue weighted by molar-refractivity contribution is 5.81. The molecule has 0 atom stereocenters. The van der Waals surface area contributed by atoms with E-state index >= 15 is 0 Å². The zero-order valence-corrected chi connectivity index (χ0v) is 11.4. The largest absolute Gasteiger partial charge is 0.313 e. The highest BCUT2D eigenvalue weighted by atomic mass is 15.2. The zero-order valence-electron chi connectivity index (χ0n) is 11.4. The van der Waals surface area contributed by atoms with Gasteiger partial charge in [0.25, 0.3) is 0 Å². The number of aryl methyl sites for hydroxylation is 2. The first-order valence-electron chi connectivity index (χ1n) is 6.59. The molecule has 4 nitrogen and oxygen atoms in total. The Labute approximate surface area is 116 Å². The van der Waals surface area contributed by atoms with Crippen molar-refractivity contribution in [3.05, 3.63) is 54.5 Å². The van der Waals surface area contributed by atoms with Gasteiger partial charge in [-0.3, -0.25) is 9.38 Å². The summed E-state index contributed by atoms with van der Waals surface area (Å²) in [7, 11) is 2.03. The van der Waals surface area contributed by atoms with Crippen molar-refractivity contribution in [1.29, 1.82) is 0 Å². The summed E-state index contributed by atoms with van der Waals surface area (Å²) in [5, 5.41) is 0. The molecule has 0 aliphatic rings. The lowest BCUT2D eigenvalue weighted by atomic mass is 10.1. The van der Waals surface area contributed by atoms with Gasteiger partial charge in [0.2, 0.25) is 5.78 Å². The van der Waals surface area contributed by atoms with Crippen LogP contribution in [0.5, 0.6) is 0 Å². The second kappa shape index (κ2) is 3.93. The number of aromatic nitrogens is 4. The first kappa shape index (κ1) is 11.2. The van der Waals surface area contributed by atoms with E-state index < -0.39 is 0 Å². The van der Waals surface area contributed by atoms with Gasteiger partial charge in [0, 0.05) is 25.0 Å². The fourth-order valence-corrected chi connectivity index (χ4v) is 2.73. The van der Waals surface area contributed by atoms with Gasteiger partial charge in [-0.1, -0.05) is 24.3 Å². The molecule has 4 rings (SSSR count). The molecular formula is C16H14N4. The van der Waals surface area contributed by atoms with Crippen molar-refractivity contribution in [2.24, 2.45) is 7.05 Å². The standard InChI is InChI=1S/C16H14N4/c1-11-5-3-4-6-12(11)13-10-20-15-9-17-8-7-14(15)19(2)16(20)18-13/h3-10H,1-2H3. The second-order valence-corrected chi connectivity index (χ2v) is 5.03. The van der Waals surface area contributed by atoms with Crippen LogP contribution < -0.4 is 0 Å². The normalized spacial score (nSPS) is 11.5. The minimum Gasteiger partial charge on any atom is -0.313 e. The van der Waals surface area contributed by atoms with Crippen molar-refractivity contribution >= 4 is 16.8 Å². The van der Waals surface area contributed by atoms with Gasteiger partial charge in [0.15, 0.2) is 0 Å². The lowest BCUT2D eigenvalue weighted by Gasteiger charge is -2.01. The predicted octanol–water partition coefficient (Wildman–Crippen LogP) is 3.20. The SMILES string of the molecule is Cc1ccccc1-c1cn2c3cnccc3n(C)c2n1. The van der Waals surface area contributed by atoms with E-state index in [1.807, 2.05) is 37.6 Å². The fourth-order valence-electron chi connectivity index (χ4n) is 2.73. The third kappa shape index (κ3) is 1.42. The molecule has 4 aromatic rings. The third-order valence-electron chi connectivity index (χ3n) is 3.81. The molecule has 20 heavy (non-hydrogen) atoms. The van der Waals surface area contributed by atoms with Crippen molar-refractivity contribution in [2.75, 3.05) is 0 Å². The Morgan fingerprint density at radius 2 is 1.90 bits per heavy atom. The van der Waals surface area contributed by atoms with Gasteiger partial charge < -0.3 is 4.57 Å². The van der Waals surface area contributed by atoms with E-state index in [1.165, 1.54) is 11.1 Å². The molecule has 0 unspecified atom stereocenters. The highest BCUT2D eigenvalue weighted by Gasteiger charge is 2.13. The predicted molar refractivity (Wildman–Crippen MR) is 79.6 cm³/mol. The lowest BCUT2D eigenvalue weighted by Crippen LogP contribution is -1.89. The summed E-state index contributed by atoms with van der Waals surface area (Å²) in [6, 6.07) is 10.3. The van der Waals surface area contributed by atoms with Crippen LogP contribution in [0.2, 0.25) is 0 Å². The number of hydrogen-bond donors (Lipinski definition) is 0. The molecule has 1 aromatic carbocycles. The first-order valence-corrected chi connectivity index (χ1v) is 6.59. The molecule has 0 saturated carbocycles. The van der Waals surface area contributed by atoms with Crippen LogP contribution in [0.25, 0.3) is 28.1 Å². The monoisotopic (exact) mass is 262 g/mol. The Morgan fingerprint density at radius 1 is 1.05 bits per heavy atom. The van der Waals surface area contributed by atoms with E-state index in [-0.39, 0.29) is 0 Å². The summed E-state index contributed by atoms with van der Waals surface area (Å²) in [5.41, 5.74) is 5.63. The molecular weight excluding hydrogens is 248 g/mol. The summed E-state index contributed by atoms with van der Waals surface area (Å²) in [5.74, 6) is 0.936. The molecule has 0 fully saturated rings. The minimum atomic E-state index is 0.936. The Balaban J connectivity index is 2.05. The van der Waals surface area contributed by atoms with Gasteiger partial charge in [0.05, 0.1) is 22.9 Å². The molecule has 0 amide bonds. The molecule has 3 aromatic heterocycles. The van der Waals surface area contributed by atoms with E-state index in [9.17, 15) is 0 Å². The zero-order chi connectivity index (χ0) is 13.7. The number of imidazole rings is 2. The van der Waals surface area contributed by atoms with Crippen LogP contribution in [0.1, 0.15) is 5.56 Å². The van der Waals surface area contributed by atoms with Crippen molar-refractivity contribution < 1.29 is 0 Å². The lowest BCUT2D eigenvalue weighted by molar-refractivity contribution is 0.970. The van der Waals surface area contributed by atoms with Gasteiger partial charge in [-0.15, -0.1) is 0 Å². The summed E-state index contributed by atoms with van der Waals surface area (Å²) < 4.78 is 4.20. The van der Waals surface area contributed by atoms with Crippen LogP contribution in [0.4, 0.5) is 0 Å². The molecule has 98 valence electrons. The van der Waals surface area contributed by atoms with Crippen molar-refractivity contribution in [2.45, 2.75) is 6.92 Å². The van der Waals surface area contributed by atoms with E-state index in [2.05, 4.69) is 39.2 Å². The second-order valence-electron chi connectivity index (χ2n) is 5.03. The number of pyridine rings is 1. The van der Waals surface area contributed by atoms with Crippen LogP contribution in [0.15, 0.2) is 48.9 Å². The van der Waals surface area contributed by atoms with Gasteiger partial charge in [-0.2, -0.15) is 0 Å². The third-order valence-corrected chi connectivity index (χ3v) is 3.81. The fraction of sp³-hybridized carbons (Fsp3) is 0.125. The molecule has 0 aliphatic carbocycles. The van der Waals surface area contributed by atoms with Crippen LogP contribution in [-0.2, 0) is 7.05 Å². The molecule has 4 heteroatoms. The van der Waals surface area contributed by atoms with Gasteiger partial charge >= 0.3 is 0 Å². The molecule has 0 radical (unpaired) electrons. The molecule has 0 spiro atoms. The molecule has 0 saturated heterocycles. The quantitative estimate of drug-likeness (QED) is 0.528. The maximum Gasteiger partial charge on any atom is 0.215 e. The van der Waals surface area contributed by atoms with Crippen molar-refractivity contribution in [3.8, 4) is 11.3 Å². The number of benzene rings is 1. The van der Waals surface area contributed by atoms with E-state index in [4.69, 9.17) is 4.98 Å². The number of nitrogens with zero attached hydrogens (tertiary/aromatic N) is 4. The van der Waals surface area contributed by atoms with Gasteiger partial charge in [-0.25, -0.2) is 4.98 Å². The van der Waals surface area contributed by atoms with Gasteiger partial charge in [-0.05, 0) is 18.6 Å². The molecule has 0 N–H and O–H groups in total. The van der Waals surface area contributed by atoms with E-state index in [0.29, 0.717) is 0 Å². The Hall–Kier alpha value is -2.62. The number of rotatable bonds is 1. The van der Waals surface area contributed by atoms with Crippen molar-refractivity contribution in [1.82, 2.24) is 18.9 Å². The molecule has 3 heterocycles.